The molecule has 3 rings (SSSR count). The van der Waals surface area contributed by atoms with Crippen LogP contribution in [0.3, 0.4) is 0 Å². The van der Waals surface area contributed by atoms with Crippen molar-refractivity contribution in [1.82, 2.24) is 4.90 Å². The minimum absolute atomic E-state index is 0.0171. The van der Waals surface area contributed by atoms with E-state index in [1.54, 1.807) is 25.3 Å². The Morgan fingerprint density at radius 2 is 2.09 bits per heavy atom. The SMILES string of the molecule is COc1ccc2c(c1)C(C)N(C(=O)c1cccc(Cl)c1)CC2. The van der Waals surface area contributed by atoms with Gasteiger partial charge in [0.25, 0.3) is 5.91 Å². The second kappa shape index (κ2) is 6.01. The van der Waals surface area contributed by atoms with E-state index in [1.165, 1.54) is 5.56 Å². The molecule has 2 aromatic rings. The van der Waals surface area contributed by atoms with Crippen LogP contribution in [-0.2, 0) is 6.42 Å². The van der Waals surface area contributed by atoms with E-state index in [9.17, 15) is 4.79 Å². The molecule has 0 bridgehead atoms. The topological polar surface area (TPSA) is 29.5 Å². The van der Waals surface area contributed by atoms with E-state index in [2.05, 4.69) is 13.0 Å². The molecule has 4 heteroatoms. The van der Waals surface area contributed by atoms with Gasteiger partial charge in [-0.25, -0.2) is 0 Å². The lowest BCUT2D eigenvalue weighted by Gasteiger charge is -2.35. The highest BCUT2D eigenvalue weighted by Gasteiger charge is 2.28. The summed E-state index contributed by atoms with van der Waals surface area (Å²) in [7, 11) is 1.66. The van der Waals surface area contributed by atoms with Crippen molar-refractivity contribution in [2.75, 3.05) is 13.7 Å². The predicted octanol–water partition coefficient (Wildman–Crippen LogP) is 4.11. The van der Waals surface area contributed by atoms with Gasteiger partial charge in [0.2, 0.25) is 0 Å². The zero-order valence-corrected chi connectivity index (χ0v) is 13.4. The third-order valence-electron chi connectivity index (χ3n) is 4.23. The van der Waals surface area contributed by atoms with Crippen molar-refractivity contribution in [3.63, 3.8) is 0 Å². The van der Waals surface area contributed by atoms with Gasteiger partial charge in [-0.05, 0) is 54.8 Å². The summed E-state index contributed by atoms with van der Waals surface area (Å²) < 4.78 is 5.30. The molecule has 1 unspecified atom stereocenters. The van der Waals surface area contributed by atoms with Crippen LogP contribution in [0.5, 0.6) is 5.75 Å². The third-order valence-corrected chi connectivity index (χ3v) is 4.46. The Morgan fingerprint density at radius 1 is 1.27 bits per heavy atom. The average Bonchev–Trinajstić information content (AvgIpc) is 2.54. The summed E-state index contributed by atoms with van der Waals surface area (Å²) in [6, 6.07) is 13.2. The van der Waals surface area contributed by atoms with Crippen LogP contribution < -0.4 is 4.74 Å². The molecule has 114 valence electrons. The van der Waals surface area contributed by atoms with Gasteiger partial charge >= 0.3 is 0 Å². The summed E-state index contributed by atoms with van der Waals surface area (Å²) in [6.45, 7) is 2.77. The molecule has 1 aliphatic rings. The molecule has 0 radical (unpaired) electrons. The molecule has 0 fully saturated rings. The van der Waals surface area contributed by atoms with Crippen molar-refractivity contribution >= 4 is 17.5 Å². The molecule has 1 heterocycles. The van der Waals surface area contributed by atoms with E-state index >= 15 is 0 Å². The number of halogens is 1. The van der Waals surface area contributed by atoms with Crippen LogP contribution in [-0.4, -0.2) is 24.5 Å². The normalized spacial score (nSPS) is 17.0. The van der Waals surface area contributed by atoms with Crippen LogP contribution in [0, 0.1) is 0 Å². The lowest BCUT2D eigenvalue weighted by molar-refractivity contribution is 0.0677. The van der Waals surface area contributed by atoms with Gasteiger partial charge < -0.3 is 9.64 Å². The number of ether oxygens (including phenoxy) is 1. The van der Waals surface area contributed by atoms with Gasteiger partial charge in [-0.15, -0.1) is 0 Å². The molecular weight excluding hydrogens is 298 g/mol. The molecule has 22 heavy (non-hydrogen) atoms. The number of rotatable bonds is 2. The highest BCUT2D eigenvalue weighted by Crippen LogP contribution is 2.33. The van der Waals surface area contributed by atoms with Crippen LogP contribution in [0.15, 0.2) is 42.5 Å². The summed E-state index contributed by atoms with van der Waals surface area (Å²) in [5, 5.41) is 0.581. The fourth-order valence-electron chi connectivity index (χ4n) is 2.98. The maximum Gasteiger partial charge on any atom is 0.254 e. The van der Waals surface area contributed by atoms with Crippen molar-refractivity contribution in [2.45, 2.75) is 19.4 Å². The zero-order chi connectivity index (χ0) is 15.7. The van der Waals surface area contributed by atoms with Crippen molar-refractivity contribution in [2.24, 2.45) is 0 Å². The number of amides is 1. The molecule has 1 aliphatic heterocycles. The molecule has 3 nitrogen and oxygen atoms in total. The molecule has 0 aliphatic carbocycles. The first kappa shape index (κ1) is 14.9. The highest BCUT2D eigenvalue weighted by molar-refractivity contribution is 6.30. The Bertz CT molecular complexity index is 714. The van der Waals surface area contributed by atoms with Crippen molar-refractivity contribution in [3.05, 3.63) is 64.2 Å². The van der Waals surface area contributed by atoms with Crippen LogP contribution >= 0.6 is 11.6 Å². The van der Waals surface area contributed by atoms with Crippen LogP contribution in [0.1, 0.15) is 34.5 Å². The van der Waals surface area contributed by atoms with E-state index in [0.29, 0.717) is 17.1 Å². The fraction of sp³-hybridized carbons (Fsp3) is 0.278. The van der Waals surface area contributed by atoms with E-state index in [1.807, 2.05) is 23.1 Å². The number of carbonyl (C=O) groups excluding carboxylic acids is 1. The van der Waals surface area contributed by atoms with Gasteiger partial charge in [0.05, 0.1) is 13.2 Å². The lowest BCUT2D eigenvalue weighted by atomic mass is 9.92. The minimum atomic E-state index is 0.0171. The lowest BCUT2D eigenvalue weighted by Crippen LogP contribution is -2.38. The maximum atomic E-state index is 12.8. The first-order valence-corrected chi connectivity index (χ1v) is 7.71. The van der Waals surface area contributed by atoms with E-state index in [0.717, 1.165) is 17.7 Å². The first-order chi connectivity index (χ1) is 10.6. The molecule has 0 aromatic heterocycles. The number of nitrogens with zero attached hydrogens (tertiary/aromatic N) is 1. The Balaban J connectivity index is 1.91. The number of hydrogen-bond acceptors (Lipinski definition) is 2. The minimum Gasteiger partial charge on any atom is -0.497 e. The van der Waals surface area contributed by atoms with Crippen LogP contribution in [0.2, 0.25) is 5.02 Å². The molecule has 0 N–H and O–H groups in total. The summed E-state index contributed by atoms with van der Waals surface area (Å²) in [4.78, 5) is 14.7. The number of carbonyl (C=O) groups is 1. The molecular formula is C18H18ClNO2. The highest BCUT2D eigenvalue weighted by atomic mass is 35.5. The summed E-state index contributed by atoms with van der Waals surface area (Å²) in [6.07, 6.45) is 0.857. The van der Waals surface area contributed by atoms with E-state index in [4.69, 9.17) is 16.3 Å². The van der Waals surface area contributed by atoms with Gasteiger partial charge in [0, 0.05) is 17.1 Å². The van der Waals surface area contributed by atoms with E-state index in [-0.39, 0.29) is 11.9 Å². The molecule has 1 amide bonds. The molecule has 0 saturated carbocycles. The van der Waals surface area contributed by atoms with Crippen molar-refractivity contribution in [1.29, 1.82) is 0 Å². The Kier molecular flexibility index (Phi) is 4.08. The monoisotopic (exact) mass is 315 g/mol. The smallest absolute Gasteiger partial charge is 0.254 e. The molecule has 1 atom stereocenters. The van der Waals surface area contributed by atoms with Crippen molar-refractivity contribution in [3.8, 4) is 5.75 Å². The number of methoxy groups -OCH3 is 1. The second-order valence-corrected chi connectivity index (χ2v) is 5.94. The zero-order valence-electron chi connectivity index (χ0n) is 12.7. The largest absolute Gasteiger partial charge is 0.497 e. The Hall–Kier alpha value is -2.00. The number of fused-ring (bicyclic) bond motifs is 1. The fourth-order valence-corrected chi connectivity index (χ4v) is 3.17. The summed E-state index contributed by atoms with van der Waals surface area (Å²) in [5.74, 6) is 0.839. The quantitative estimate of drug-likeness (QED) is 0.834. The summed E-state index contributed by atoms with van der Waals surface area (Å²) in [5.41, 5.74) is 3.06. The van der Waals surface area contributed by atoms with Crippen molar-refractivity contribution < 1.29 is 9.53 Å². The first-order valence-electron chi connectivity index (χ1n) is 7.33. The van der Waals surface area contributed by atoms with Crippen LogP contribution in [0.25, 0.3) is 0 Å². The Labute approximate surface area is 135 Å². The summed E-state index contributed by atoms with van der Waals surface area (Å²) >= 11 is 6.00. The maximum absolute atomic E-state index is 12.8. The van der Waals surface area contributed by atoms with Gasteiger partial charge in [-0.2, -0.15) is 0 Å². The average molecular weight is 316 g/mol. The third kappa shape index (κ3) is 2.69. The van der Waals surface area contributed by atoms with Crippen LogP contribution in [0.4, 0.5) is 0 Å². The number of benzene rings is 2. The second-order valence-electron chi connectivity index (χ2n) is 5.50. The van der Waals surface area contributed by atoms with E-state index < -0.39 is 0 Å². The molecule has 2 aromatic carbocycles. The Morgan fingerprint density at radius 3 is 2.82 bits per heavy atom. The van der Waals surface area contributed by atoms with Gasteiger partial charge in [0.1, 0.15) is 5.75 Å². The number of hydrogen-bond donors (Lipinski definition) is 0. The molecule has 0 saturated heterocycles. The predicted molar refractivity (Wildman–Crippen MR) is 87.6 cm³/mol. The van der Waals surface area contributed by atoms with Gasteiger partial charge in [-0.3, -0.25) is 4.79 Å². The molecule has 0 spiro atoms. The van der Waals surface area contributed by atoms with Gasteiger partial charge in [-0.1, -0.05) is 23.7 Å². The standard InChI is InChI=1S/C18H18ClNO2/c1-12-17-11-16(22-2)7-6-13(17)8-9-20(12)18(21)14-4-3-5-15(19)10-14/h3-7,10-12H,8-9H2,1-2H3. The van der Waals surface area contributed by atoms with Gasteiger partial charge in [0.15, 0.2) is 0 Å².